The topological polar surface area (TPSA) is 32.3 Å². The second-order valence-corrected chi connectivity index (χ2v) is 4.89. The summed E-state index contributed by atoms with van der Waals surface area (Å²) >= 11 is 5.63. The van der Waals surface area contributed by atoms with E-state index in [1.54, 1.807) is 6.20 Å². The van der Waals surface area contributed by atoms with Crippen molar-refractivity contribution in [3.05, 3.63) is 23.2 Å². The molecule has 0 aliphatic carbocycles. The Morgan fingerprint density at radius 3 is 2.21 bits per heavy atom. The van der Waals surface area contributed by atoms with Crippen molar-refractivity contribution in [1.82, 2.24) is 19.8 Å². The lowest BCUT2D eigenvalue weighted by molar-refractivity contribution is -0.149. The molecule has 1 saturated heterocycles. The quantitative estimate of drug-likeness (QED) is 0.851. The standard InChI is InChI=1S/C11H14ClF3N4/c12-10-6-16-9(5-17-10)7-18-1-3-19(4-2-18)8-11(13,14)15/h5-6H,1-4,7-8H2. The number of piperazine rings is 1. The van der Waals surface area contributed by atoms with Gasteiger partial charge in [-0.2, -0.15) is 13.2 Å². The van der Waals surface area contributed by atoms with Gasteiger partial charge in [0.25, 0.3) is 0 Å². The summed E-state index contributed by atoms with van der Waals surface area (Å²) in [5, 5.41) is 0.332. The maximum Gasteiger partial charge on any atom is 0.401 e. The molecule has 0 spiro atoms. The van der Waals surface area contributed by atoms with Crippen LogP contribution in [0.15, 0.2) is 12.4 Å². The minimum Gasteiger partial charge on any atom is -0.295 e. The number of hydrogen-bond donors (Lipinski definition) is 0. The average molecular weight is 295 g/mol. The van der Waals surface area contributed by atoms with Crippen LogP contribution in [0.3, 0.4) is 0 Å². The van der Waals surface area contributed by atoms with Crippen molar-refractivity contribution in [2.24, 2.45) is 0 Å². The van der Waals surface area contributed by atoms with E-state index in [1.807, 2.05) is 0 Å². The SMILES string of the molecule is FC(F)(F)CN1CCN(Cc2cnc(Cl)cn2)CC1. The summed E-state index contributed by atoms with van der Waals surface area (Å²) in [5.41, 5.74) is 0.772. The highest BCUT2D eigenvalue weighted by atomic mass is 35.5. The molecule has 1 fully saturated rings. The minimum absolute atomic E-state index is 0.332. The van der Waals surface area contributed by atoms with Gasteiger partial charge in [-0.1, -0.05) is 11.6 Å². The largest absolute Gasteiger partial charge is 0.401 e. The smallest absolute Gasteiger partial charge is 0.295 e. The maximum absolute atomic E-state index is 12.2. The molecule has 0 unspecified atom stereocenters. The molecule has 0 bridgehead atoms. The van der Waals surface area contributed by atoms with Crippen molar-refractivity contribution in [3.8, 4) is 0 Å². The number of aromatic nitrogens is 2. The third kappa shape index (κ3) is 4.93. The van der Waals surface area contributed by atoms with Gasteiger partial charge in [0, 0.05) is 32.7 Å². The molecule has 4 nitrogen and oxygen atoms in total. The van der Waals surface area contributed by atoms with Gasteiger partial charge in [-0.25, -0.2) is 4.98 Å². The zero-order valence-electron chi connectivity index (χ0n) is 10.2. The van der Waals surface area contributed by atoms with Gasteiger partial charge in [-0.05, 0) is 0 Å². The van der Waals surface area contributed by atoms with Crippen molar-refractivity contribution >= 4 is 11.6 Å². The zero-order chi connectivity index (χ0) is 13.9. The Labute approximate surface area is 114 Å². The maximum atomic E-state index is 12.2. The summed E-state index contributed by atoms with van der Waals surface area (Å²) in [6, 6.07) is 0. The highest BCUT2D eigenvalue weighted by molar-refractivity contribution is 6.29. The fraction of sp³-hybridized carbons (Fsp3) is 0.636. The van der Waals surface area contributed by atoms with E-state index in [-0.39, 0.29) is 0 Å². The number of alkyl halides is 3. The molecular formula is C11H14ClF3N4. The summed E-state index contributed by atoms with van der Waals surface area (Å²) in [4.78, 5) is 11.5. The van der Waals surface area contributed by atoms with Gasteiger partial charge in [0.1, 0.15) is 5.15 Å². The van der Waals surface area contributed by atoms with Gasteiger partial charge in [-0.3, -0.25) is 14.8 Å². The van der Waals surface area contributed by atoms with Crippen LogP contribution in [-0.4, -0.2) is 58.7 Å². The first-order valence-electron chi connectivity index (χ1n) is 5.90. The lowest BCUT2D eigenvalue weighted by Crippen LogP contribution is -2.48. The van der Waals surface area contributed by atoms with E-state index in [0.29, 0.717) is 37.9 Å². The van der Waals surface area contributed by atoms with Crippen LogP contribution < -0.4 is 0 Å². The summed E-state index contributed by atoms with van der Waals surface area (Å²) in [6.45, 7) is 1.79. The van der Waals surface area contributed by atoms with Crippen molar-refractivity contribution in [3.63, 3.8) is 0 Å². The zero-order valence-corrected chi connectivity index (χ0v) is 11.0. The molecule has 0 amide bonds. The van der Waals surface area contributed by atoms with Crippen LogP contribution in [0.25, 0.3) is 0 Å². The molecule has 0 N–H and O–H groups in total. The van der Waals surface area contributed by atoms with E-state index < -0.39 is 12.7 Å². The Bertz CT molecular complexity index is 401. The third-order valence-corrected chi connectivity index (χ3v) is 3.12. The van der Waals surface area contributed by atoms with Crippen molar-refractivity contribution in [2.75, 3.05) is 32.7 Å². The Hall–Kier alpha value is -0.920. The second kappa shape index (κ2) is 6.02. The van der Waals surface area contributed by atoms with Gasteiger partial charge in [-0.15, -0.1) is 0 Å². The van der Waals surface area contributed by atoms with E-state index in [2.05, 4.69) is 14.9 Å². The first-order chi connectivity index (χ1) is 8.92. The van der Waals surface area contributed by atoms with Crippen LogP contribution in [0.1, 0.15) is 5.69 Å². The number of rotatable bonds is 3. The van der Waals surface area contributed by atoms with E-state index in [4.69, 9.17) is 11.6 Å². The Morgan fingerprint density at radius 2 is 1.68 bits per heavy atom. The number of halogens is 4. The number of nitrogens with zero attached hydrogens (tertiary/aromatic N) is 4. The molecule has 19 heavy (non-hydrogen) atoms. The Kier molecular flexibility index (Phi) is 4.59. The fourth-order valence-corrected chi connectivity index (χ4v) is 2.11. The molecule has 0 saturated carbocycles. The Balaban J connectivity index is 1.79. The summed E-state index contributed by atoms with van der Waals surface area (Å²) in [5.74, 6) is 0. The lowest BCUT2D eigenvalue weighted by atomic mass is 10.3. The van der Waals surface area contributed by atoms with Crippen molar-refractivity contribution in [2.45, 2.75) is 12.7 Å². The van der Waals surface area contributed by atoms with E-state index in [9.17, 15) is 13.2 Å². The molecule has 8 heteroatoms. The molecule has 0 aromatic carbocycles. The molecule has 1 aliphatic rings. The van der Waals surface area contributed by atoms with Crippen LogP contribution in [0.5, 0.6) is 0 Å². The van der Waals surface area contributed by atoms with E-state index >= 15 is 0 Å². The van der Waals surface area contributed by atoms with Crippen LogP contribution in [0.2, 0.25) is 5.15 Å². The molecule has 0 radical (unpaired) electrons. The van der Waals surface area contributed by atoms with Gasteiger partial charge in [0.2, 0.25) is 0 Å². The normalized spacial score (nSPS) is 18.7. The predicted octanol–water partition coefficient (Wildman–Crippen LogP) is 1.81. The molecule has 0 atom stereocenters. The molecule has 106 valence electrons. The van der Waals surface area contributed by atoms with Crippen LogP contribution >= 0.6 is 11.6 Å². The molecule has 1 aromatic rings. The van der Waals surface area contributed by atoms with Crippen molar-refractivity contribution < 1.29 is 13.2 Å². The van der Waals surface area contributed by atoms with Gasteiger partial charge in [0.15, 0.2) is 0 Å². The van der Waals surface area contributed by atoms with Crippen molar-refractivity contribution in [1.29, 1.82) is 0 Å². The molecule has 2 heterocycles. The molecule has 1 aliphatic heterocycles. The monoisotopic (exact) mass is 294 g/mol. The van der Waals surface area contributed by atoms with Gasteiger partial charge in [0.05, 0.1) is 24.6 Å². The summed E-state index contributed by atoms with van der Waals surface area (Å²) < 4.78 is 36.7. The van der Waals surface area contributed by atoms with Crippen LogP contribution in [-0.2, 0) is 6.54 Å². The minimum atomic E-state index is -4.12. The Morgan fingerprint density at radius 1 is 1.05 bits per heavy atom. The van der Waals surface area contributed by atoms with Gasteiger partial charge < -0.3 is 0 Å². The third-order valence-electron chi connectivity index (χ3n) is 2.93. The second-order valence-electron chi connectivity index (χ2n) is 4.50. The molecule has 1 aromatic heterocycles. The first kappa shape index (κ1) is 14.5. The van der Waals surface area contributed by atoms with Gasteiger partial charge >= 0.3 is 6.18 Å². The summed E-state index contributed by atoms with van der Waals surface area (Å²) in [7, 11) is 0. The lowest BCUT2D eigenvalue weighted by Gasteiger charge is -2.34. The molecular weight excluding hydrogens is 281 g/mol. The fourth-order valence-electron chi connectivity index (χ4n) is 2.01. The van der Waals surface area contributed by atoms with Crippen LogP contribution in [0, 0.1) is 0 Å². The van der Waals surface area contributed by atoms with E-state index in [1.165, 1.54) is 11.1 Å². The number of hydrogen-bond acceptors (Lipinski definition) is 4. The summed E-state index contributed by atoms with van der Waals surface area (Å²) in [6.07, 6.45) is -1.06. The van der Waals surface area contributed by atoms with E-state index in [0.717, 1.165) is 5.69 Å². The molecule has 2 rings (SSSR count). The highest BCUT2D eigenvalue weighted by Gasteiger charge is 2.32. The average Bonchev–Trinajstić information content (AvgIpc) is 2.33. The highest BCUT2D eigenvalue weighted by Crippen LogP contribution is 2.17. The predicted molar refractivity (Wildman–Crippen MR) is 64.8 cm³/mol. The van der Waals surface area contributed by atoms with Crippen LogP contribution in [0.4, 0.5) is 13.2 Å². The first-order valence-corrected chi connectivity index (χ1v) is 6.28.